The highest BCUT2D eigenvalue weighted by Gasteiger charge is 2.03. The van der Waals surface area contributed by atoms with Crippen LogP contribution in [0.15, 0.2) is 42.5 Å². The van der Waals surface area contributed by atoms with E-state index in [0.29, 0.717) is 31.1 Å². The maximum atomic E-state index is 11.8. The Kier molecular flexibility index (Phi) is 7.41. The molecule has 2 rings (SSSR count). The van der Waals surface area contributed by atoms with Crippen molar-refractivity contribution in [2.45, 2.75) is 13.3 Å². The van der Waals surface area contributed by atoms with Crippen LogP contribution < -0.4 is 20.1 Å². The molecule has 5 nitrogen and oxygen atoms in total. The van der Waals surface area contributed by atoms with Gasteiger partial charge in [-0.3, -0.25) is 4.79 Å². The highest BCUT2D eigenvalue weighted by Crippen LogP contribution is 2.19. The van der Waals surface area contributed by atoms with Crippen molar-refractivity contribution in [3.05, 3.63) is 53.1 Å². The van der Waals surface area contributed by atoms with Crippen LogP contribution in [-0.2, 0) is 4.79 Å². The molecule has 0 aliphatic carbocycles. The number of nitrogens with one attached hydrogen (secondary N) is 2. The smallest absolute Gasteiger partial charge is 0.221 e. The summed E-state index contributed by atoms with van der Waals surface area (Å²) in [6, 6.07) is 13.0. The second kappa shape index (κ2) is 9.79. The largest absolute Gasteiger partial charge is 0.497 e. The molecule has 1 amide bonds. The van der Waals surface area contributed by atoms with E-state index in [-0.39, 0.29) is 5.91 Å². The zero-order chi connectivity index (χ0) is 18.1. The van der Waals surface area contributed by atoms with E-state index in [1.165, 1.54) is 0 Å². The molecule has 134 valence electrons. The molecule has 2 N–H and O–H groups in total. The normalized spacial score (nSPS) is 10.2. The van der Waals surface area contributed by atoms with E-state index in [2.05, 4.69) is 10.6 Å². The Bertz CT molecular complexity index is 690. The molecular formula is C19H23ClN2O3. The van der Waals surface area contributed by atoms with Gasteiger partial charge in [0.15, 0.2) is 0 Å². The molecule has 0 radical (unpaired) electrons. The first-order valence-electron chi connectivity index (χ1n) is 8.12. The lowest BCUT2D eigenvalue weighted by atomic mass is 10.2. The second-order valence-electron chi connectivity index (χ2n) is 5.51. The van der Waals surface area contributed by atoms with Gasteiger partial charge in [0.05, 0.1) is 13.7 Å². The Hall–Kier alpha value is -2.40. The van der Waals surface area contributed by atoms with Crippen molar-refractivity contribution < 1.29 is 14.3 Å². The molecule has 25 heavy (non-hydrogen) atoms. The summed E-state index contributed by atoms with van der Waals surface area (Å²) in [5.74, 6) is 1.51. The lowest BCUT2D eigenvalue weighted by Crippen LogP contribution is -2.29. The quantitative estimate of drug-likeness (QED) is 0.668. The number of anilines is 1. The zero-order valence-corrected chi connectivity index (χ0v) is 15.2. The maximum Gasteiger partial charge on any atom is 0.221 e. The molecule has 0 atom stereocenters. The third-order valence-corrected chi connectivity index (χ3v) is 3.84. The fraction of sp³-hybridized carbons (Fsp3) is 0.316. The summed E-state index contributed by atoms with van der Waals surface area (Å²) >= 11 is 5.92. The Labute approximate surface area is 153 Å². The highest BCUT2D eigenvalue weighted by atomic mass is 35.5. The number of carbonyl (C=O) groups is 1. The van der Waals surface area contributed by atoms with Crippen molar-refractivity contribution in [2.24, 2.45) is 0 Å². The average Bonchev–Trinajstić information content (AvgIpc) is 2.61. The summed E-state index contributed by atoms with van der Waals surface area (Å²) in [6.07, 6.45) is 0.393. The van der Waals surface area contributed by atoms with Crippen LogP contribution in [0.25, 0.3) is 0 Å². The Morgan fingerprint density at radius 2 is 1.80 bits per heavy atom. The number of carbonyl (C=O) groups excluding carboxylic acids is 1. The first-order chi connectivity index (χ1) is 12.1. The third-order valence-electron chi connectivity index (χ3n) is 3.61. The van der Waals surface area contributed by atoms with Gasteiger partial charge in [0, 0.05) is 23.7 Å². The molecule has 0 fully saturated rings. The minimum atomic E-state index is -0.0163. The van der Waals surface area contributed by atoms with Crippen molar-refractivity contribution in [1.82, 2.24) is 5.32 Å². The summed E-state index contributed by atoms with van der Waals surface area (Å²) in [6.45, 7) is 3.42. The van der Waals surface area contributed by atoms with Crippen LogP contribution >= 0.6 is 11.6 Å². The predicted octanol–water partition coefficient (Wildman–Crippen LogP) is 3.65. The zero-order valence-electron chi connectivity index (χ0n) is 14.5. The summed E-state index contributed by atoms with van der Waals surface area (Å²) in [5.41, 5.74) is 2.04. The van der Waals surface area contributed by atoms with Crippen molar-refractivity contribution in [3.8, 4) is 11.5 Å². The van der Waals surface area contributed by atoms with E-state index in [0.717, 1.165) is 22.7 Å². The molecule has 0 heterocycles. The Morgan fingerprint density at radius 3 is 2.48 bits per heavy atom. The molecule has 2 aromatic rings. The number of rotatable bonds is 9. The number of hydrogen-bond acceptors (Lipinski definition) is 4. The maximum absolute atomic E-state index is 11.8. The van der Waals surface area contributed by atoms with Gasteiger partial charge in [0.1, 0.15) is 18.1 Å². The lowest BCUT2D eigenvalue weighted by molar-refractivity contribution is -0.120. The van der Waals surface area contributed by atoms with Crippen LogP contribution in [-0.4, -0.2) is 32.7 Å². The van der Waals surface area contributed by atoms with Gasteiger partial charge in [-0.15, -0.1) is 0 Å². The monoisotopic (exact) mass is 362 g/mol. The van der Waals surface area contributed by atoms with Crippen LogP contribution in [0.4, 0.5) is 5.69 Å². The standard InChI is InChI=1S/C19H23ClN2O3/c1-14-13-15(20)3-8-18(14)21-10-9-19(23)22-11-12-25-17-6-4-16(24-2)5-7-17/h3-8,13,21H,9-12H2,1-2H3,(H,22,23). The fourth-order valence-corrected chi connectivity index (χ4v) is 2.48. The predicted molar refractivity (Wildman–Crippen MR) is 101 cm³/mol. The van der Waals surface area contributed by atoms with Crippen LogP contribution in [0.2, 0.25) is 5.02 Å². The molecular weight excluding hydrogens is 340 g/mol. The minimum absolute atomic E-state index is 0.0163. The van der Waals surface area contributed by atoms with Crippen molar-refractivity contribution in [1.29, 1.82) is 0 Å². The number of benzene rings is 2. The van der Waals surface area contributed by atoms with Crippen LogP contribution in [0, 0.1) is 6.92 Å². The van der Waals surface area contributed by atoms with E-state index in [1.54, 1.807) is 7.11 Å². The van der Waals surface area contributed by atoms with Crippen molar-refractivity contribution in [3.63, 3.8) is 0 Å². The van der Waals surface area contributed by atoms with E-state index < -0.39 is 0 Å². The molecule has 0 aliphatic rings. The molecule has 0 saturated heterocycles. The van der Waals surface area contributed by atoms with Gasteiger partial charge in [-0.25, -0.2) is 0 Å². The molecule has 0 aromatic heterocycles. The topological polar surface area (TPSA) is 59.6 Å². The number of ether oxygens (including phenoxy) is 2. The van der Waals surface area contributed by atoms with E-state index in [1.807, 2.05) is 49.4 Å². The lowest BCUT2D eigenvalue weighted by Gasteiger charge is -2.11. The summed E-state index contributed by atoms with van der Waals surface area (Å²) in [4.78, 5) is 11.8. The van der Waals surface area contributed by atoms with E-state index >= 15 is 0 Å². The Balaban J connectivity index is 1.60. The summed E-state index contributed by atoms with van der Waals surface area (Å²) < 4.78 is 10.6. The van der Waals surface area contributed by atoms with Gasteiger partial charge in [-0.05, 0) is 55.0 Å². The van der Waals surface area contributed by atoms with E-state index in [9.17, 15) is 4.79 Å². The van der Waals surface area contributed by atoms with Crippen molar-refractivity contribution >= 4 is 23.2 Å². The first kappa shape index (κ1) is 18.9. The van der Waals surface area contributed by atoms with E-state index in [4.69, 9.17) is 21.1 Å². The van der Waals surface area contributed by atoms with Crippen LogP contribution in [0.1, 0.15) is 12.0 Å². The van der Waals surface area contributed by atoms with Gasteiger partial charge < -0.3 is 20.1 Å². The summed E-state index contributed by atoms with van der Waals surface area (Å²) in [5, 5.41) is 6.78. The molecule has 0 unspecified atom stereocenters. The van der Waals surface area contributed by atoms with Gasteiger partial charge in [0.2, 0.25) is 5.91 Å². The number of methoxy groups -OCH3 is 1. The highest BCUT2D eigenvalue weighted by molar-refractivity contribution is 6.30. The van der Waals surface area contributed by atoms with Crippen molar-refractivity contribution in [2.75, 3.05) is 32.1 Å². The van der Waals surface area contributed by atoms with Gasteiger partial charge >= 0.3 is 0 Å². The third kappa shape index (κ3) is 6.55. The Morgan fingerprint density at radius 1 is 1.08 bits per heavy atom. The molecule has 0 aliphatic heterocycles. The number of aryl methyl sites for hydroxylation is 1. The number of hydrogen-bond donors (Lipinski definition) is 2. The first-order valence-corrected chi connectivity index (χ1v) is 8.50. The molecule has 0 saturated carbocycles. The minimum Gasteiger partial charge on any atom is -0.497 e. The molecule has 0 spiro atoms. The van der Waals surface area contributed by atoms with Gasteiger partial charge in [-0.1, -0.05) is 11.6 Å². The molecule has 6 heteroatoms. The van der Waals surface area contributed by atoms with Gasteiger partial charge in [-0.2, -0.15) is 0 Å². The second-order valence-corrected chi connectivity index (χ2v) is 5.95. The molecule has 0 bridgehead atoms. The number of halogens is 1. The fourth-order valence-electron chi connectivity index (χ4n) is 2.26. The summed E-state index contributed by atoms with van der Waals surface area (Å²) in [7, 11) is 1.62. The van der Waals surface area contributed by atoms with Gasteiger partial charge in [0.25, 0.3) is 0 Å². The average molecular weight is 363 g/mol. The molecule has 2 aromatic carbocycles. The number of amides is 1. The SMILES string of the molecule is COc1ccc(OCCNC(=O)CCNc2ccc(Cl)cc2C)cc1. The van der Waals surface area contributed by atoms with Crippen LogP contribution in [0.5, 0.6) is 11.5 Å². The van der Waals surface area contributed by atoms with Crippen LogP contribution in [0.3, 0.4) is 0 Å².